The van der Waals surface area contributed by atoms with Gasteiger partial charge >= 0.3 is 0 Å². The molecule has 1 aliphatic heterocycles. The number of carbonyl (C=O) groups is 1. The van der Waals surface area contributed by atoms with Crippen LogP contribution in [0.4, 0.5) is 0 Å². The van der Waals surface area contributed by atoms with Crippen LogP contribution in [0.3, 0.4) is 0 Å². The molecule has 0 aliphatic carbocycles. The first-order chi connectivity index (χ1) is 7.20. The molecule has 1 heterocycles. The molecule has 15 heavy (non-hydrogen) atoms. The molecule has 1 atom stereocenters. The van der Waals surface area contributed by atoms with Gasteiger partial charge in [-0.05, 0) is 19.3 Å². The van der Waals surface area contributed by atoms with Crippen molar-refractivity contribution in [1.29, 1.82) is 0 Å². The summed E-state index contributed by atoms with van der Waals surface area (Å²) in [6.07, 6.45) is 4.53. The van der Waals surface area contributed by atoms with Crippen LogP contribution in [0.2, 0.25) is 0 Å². The van der Waals surface area contributed by atoms with Crippen molar-refractivity contribution < 1.29 is 9.53 Å². The molecule has 0 aromatic rings. The van der Waals surface area contributed by atoms with Gasteiger partial charge in [0.25, 0.3) is 0 Å². The number of hydrogen-bond donors (Lipinski definition) is 1. The maximum atomic E-state index is 11.2. The van der Waals surface area contributed by atoms with Crippen molar-refractivity contribution in [3.63, 3.8) is 0 Å². The zero-order valence-corrected chi connectivity index (χ0v) is 9.79. The van der Waals surface area contributed by atoms with Gasteiger partial charge in [-0.25, -0.2) is 0 Å². The zero-order chi connectivity index (χ0) is 11.1. The summed E-state index contributed by atoms with van der Waals surface area (Å²) in [5, 5.41) is 3.27. The van der Waals surface area contributed by atoms with Gasteiger partial charge < -0.3 is 15.0 Å². The highest BCUT2D eigenvalue weighted by Crippen LogP contribution is 2.11. The van der Waals surface area contributed by atoms with Crippen LogP contribution in [0.15, 0.2) is 0 Å². The SMILES string of the molecule is CN(C)C(=O)CCNCC1CCCCO1. The largest absolute Gasteiger partial charge is 0.377 e. The molecular weight excluding hydrogens is 192 g/mol. The lowest BCUT2D eigenvalue weighted by Gasteiger charge is -2.22. The molecule has 0 bridgehead atoms. The molecule has 1 N–H and O–H groups in total. The number of nitrogens with one attached hydrogen (secondary N) is 1. The van der Waals surface area contributed by atoms with Crippen LogP contribution in [0.25, 0.3) is 0 Å². The predicted octanol–water partition coefficient (Wildman–Crippen LogP) is 0.623. The van der Waals surface area contributed by atoms with Crippen LogP contribution in [0.5, 0.6) is 0 Å². The Hall–Kier alpha value is -0.610. The van der Waals surface area contributed by atoms with Crippen molar-refractivity contribution in [3.8, 4) is 0 Å². The van der Waals surface area contributed by atoms with Crippen LogP contribution in [-0.2, 0) is 9.53 Å². The molecule has 1 saturated heterocycles. The number of ether oxygens (including phenoxy) is 1. The maximum absolute atomic E-state index is 11.2. The van der Waals surface area contributed by atoms with Gasteiger partial charge in [0.15, 0.2) is 0 Å². The summed E-state index contributed by atoms with van der Waals surface area (Å²) < 4.78 is 5.57. The fourth-order valence-electron chi connectivity index (χ4n) is 1.65. The highest BCUT2D eigenvalue weighted by molar-refractivity contribution is 5.75. The lowest BCUT2D eigenvalue weighted by molar-refractivity contribution is -0.128. The van der Waals surface area contributed by atoms with Crippen LogP contribution < -0.4 is 5.32 Å². The molecule has 0 aromatic carbocycles. The second kappa shape index (κ2) is 6.80. The summed E-state index contributed by atoms with van der Waals surface area (Å²) in [6.45, 7) is 2.51. The van der Waals surface area contributed by atoms with Gasteiger partial charge in [-0.15, -0.1) is 0 Å². The van der Waals surface area contributed by atoms with E-state index in [-0.39, 0.29) is 5.91 Å². The number of carbonyl (C=O) groups excluding carboxylic acids is 1. The number of rotatable bonds is 5. The molecule has 0 radical (unpaired) electrons. The second-order valence-electron chi connectivity index (χ2n) is 4.23. The van der Waals surface area contributed by atoms with E-state index in [1.165, 1.54) is 12.8 Å². The van der Waals surface area contributed by atoms with Gasteiger partial charge in [0.05, 0.1) is 6.10 Å². The molecule has 0 aromatic heterocycles. The zero-order valence-electron chi connectivity index (χ0n) is 9.79. The van der Waals surface area contributed by atoms with Gasteiger partial charge in [-0.2, -0.15) is 0 Å². The third-order valence-electron chi connectivity index (χ3n) is 2.66. The Bertz CT molecular complexity index is 189. The van der Waals surface area contributed by atoms with Gasteiger partial charge in [-0.3, -0.25) is 4.79 Å². The first-order valence-corrected chi connectivity index (χ1v) is 5.72. The quantitative estimate of drug-likeness (QED) is 0.682. The summed E-state index contributed by atoms with van der Waals surface area (Å²) in [5.41, 5.74) is 0. The van der Waals surface area contributed by atoms with E-state index < -0.39 is 0 Å². The Kier molecular flexibility index (Phi) is 5.65. The average Bonchev–Trinajstić information content (AvgIpc) is 2.25. The predicted molar refractivity (Wildman–Crippen MR) is 59.8 cm³/mol. The van der Waals surface area contributed by atoms with Gasteiger partial charge in [0, 0.05) is 40.2 Å². The van der Waals surface area contributed by atoms with E-state index in [1.807, 2.05) is 0 Å². The lowest BCUT2D eigenvalue weighted by Crippen LogP contribution is -2.34. The highest BCUT2D eigenvalue weighted by Gasteiger charge is 2.13. The number of nitrogens with zero attached hydrogens (tertiary/aromatic N) is 1. The highest BCUT2D eigenvalue weighted by atomic mass is 16.5. The van der Waals surface area contributed by atoms with Gasteiger partial charge in [0.1, 0.15) is 0 Å². The normalized spacial score (nSPS) is 21.3. The smallest absolute Gasteiger partial charge is 0.223 e. The van der Waals surface area contributed by atoms with Crippen molar-refractivity contribution in [2.24, 2.45) is 0 Å². The number of hydrogen-bond acceptors (Lipinski definition) is 3. The summed E-state index contributed by atoms with van der Waals surface area (Å²) >= 11 is 0. The molecule has 1 aliphatic rings. The first-order valence-electron chi connectivity index (χ1n) is 5.72. The third-order valence-corrected chi connectivity index (χ3v) is 2.66. The molecule has 0 spiro atoms. The third kappa shape index (κ3) is 5.14. The Morgan fingerprint density at radius 1 is 1.47 bits per heavy atom. The minimum atomic E-state index is 0.173. The van der Waals surface area contributed by atoms with Crippen LogP contribution in [0.1, 0.15) is 25.7 Å². The van der Waals surface area contributed by atoms with Crippen LogP contribution >= 0.6 is 0 Å². The summed E-state index contributed by atoms with van der Waals surface area (Å²) in [6, 6.07) is 0. The van der Waals surface area contributed by atoms with Gasteiger partial charge in [-0.1, -0.05) is 0 Å². The molecule has 88 valence electrons. The first kappa shape index (κ1) is 12.5. The van der Waals surface area contributed by atoms with E-state index in [0.29, 0.717) is 12.5 Å². The fraction of sp³-hybridized carbons (Fsp3) is 0.909. The standard InChI is InChI=1S/C11H22N2O2/c1-13(2)11(14)6-7-12-9-10-5-3-4-8-15-10/h10,12H,3-9H2,1-2H3. The van der Waals surface area contributed by atoms with Crippen LogP contribution in [0, 0.1) is 0 Å². The molecule has 1 amide bonds. The van der Waals surface area contributed by atoms with E-state index in [9.17, 15) is 4.79 Å². The molecule has 4 heteroatoms. The van der Waals surface area contributed by atoms with E-state index >= 15 is 0 Å². The Morgan fingerprint density at radius 2 is 2.27 bits per heavy atom. The summed E-state index contributed by atoms with van der Waals surface area (Å²) in [7, 11) is 3.57. The lowest BCUT2D eigenvalue weighted by atomic mass is 10.1. The van der Waals surface area contributed by atoms with Crippen molar-refractivity contribution in [2.75, 3.05) is 33.8 Å². The van der Waals surface area contributed by atoms with Crippen molar-refractivity contribution in [3.05, 3.63) is 0 Å². The Morgan fingerprint density at radius 3 is 2.87 bits per heavy atom. The minimum absolute atomic E-state index is 0.173. The van der Waals surface area contributed by atoms with Crippen molar-refractivity contribution in [2.45, 2.75) is 31.8 Å². The minimum Gasteiger partial charge on any atom is -0.377 e. The number of amides is 1. The second-order valence-corrected chi connectivity index (χ2v) is 4.23. The molecule has 4 nitrogen and oxygen atoms in total. The molecule has 1 unspecified atom stereocenters. The molecule has 0 saturated carbocycles. The Labute approximate surface area is 92.0 Å². The molecule has 1 rings (SSSR count). The molecular formula is C11H22N2O2. The van der Waals surface area contributed by atoms with E-state index in [0.717, 1.165) is 26.1 Å². The van der Waals surface area contributed by atoms with Crippen LogP contribution in [-0.4, -0.2) is 50.7 Å². The van der Waals surface area contributed by atoms with E-state index in [1.54, 1.807) is 19.0 Å². The monoisotopic (exact) mass is 214 g/mol. The fourth-order valence-corrected chi connectivity index (χ4v) is 1.65. The molecule has 1 fully saturated rings. The van der Waals surface area contributed by atoms with E-state index in [4.69, 9.17) is 4.74 Å². The van der Waals surface area contributed by atoms with E-state index in [2.05, 4.69) is 5.32 Å². The van der Waals surface area contributed by atoms with Crippen molar-refractivity contribution in [1.82, 2.24) is 10.2 Å². The maximum Gasteiger partial charge on any atom is 0.223 e. The average molecular weight is 214 g/mol. The summed E-state index contributed by atoms with van der Waals surface area (Å²) in [4.78, 5) is 12.9. The summed E-state index contributed by atoms with van der Waals surface area (Å²) in [5.74, 6) is 0.173. The van der Waals surface area contributed by atoms with Crippen molar-refractivity contribution >= 4 is 5.91 Å². The topological polar surface area (TPSA) is 41.6 Å². The van der Waals surface area contributed by atoms with Gasteiger partial charge in [0.2, 0.25) is 5.91 Å². The Balaban J connectivity index is 1.98.